The van der Waals surface area contributed by atoms with Gasteiger partial charge in [-0.05, 0) is 98.8 Å². The fraction of sp³-hybridized carbons (Fsp3) is 0.323. The van der Waals surface area contributed by atoms with Gasteiger partial charge in [0.2, 0.25) is 5.91 Å². The molecule has 5 rings (SSSR count). The fourth-order valence-corrected chi connectivity index (χ4v) is 5.09. The Hall–Kier alpha value is -4.33. The highest BCUT2D eigenvalue weighted by Gasteiger charge is 2.27. The Kier molecular flexibility index (Phi) is 8.41. The van der Waals surface area contributed by atoms with Crippen molar-refractivity contribution in [2.75, 3.05) is 35.7 Å². The van der Waals surface area contributed by atoms with Crippen molar-refractivity contribution in [1.29, 1.82) is 0 Å². The van der Waals surface area contributed by atoms with E-state index < -0.39 is 0 Å². The zero-order valence-electron chi connectivity index (χ0n) is 22.3. The first-order chi connectivity index (χ1) is 19.0. The van der Waals surface area contributed by atoms with Crippen LogP contribution in [0, 0.1) is 0 Å². The fourth-order valence-electron chi connectivity index (χ4n) is 5.09. The molecule has 3 amide bonds. The van der Waals surface area contributed by atoms with Gasteiger partial charge in [0.05, 0.1) is 17.8 Å². The Morgan fingerprint density at radius 1 is 0.949 bits per heavy atom. The number of likely N-dealkylation sites (N-methyl/N-ethyl adjacent to an activating group) is 1. The van der Waals surface area contributed by atoms with Crippen molar-refractivity contribution in [1.82, 2.24) is 9.88 Å². The molecule has 2 fully saturated rings. The molecule has 39 heavy (non-hydrogen) atoms. The first-order valence-corrected chi connectivity index (χ1v) is 13.6. The lowest BCUT2D eigenvalue weighted by Crippen LogP contribution is -2.38. The Balaban J connectivity index is 1.08. The van der Waals surface area contributed by atoms with E-state index in [-0.39, 0.29) is 18.0 Å². The molecule has 1 saturated heterocycles. The van der Waals surface area contributed by atoms with E-state index in [0.29, 0.717) is 17.5 Å². The van der Waals surface area contributed by atoms with Crippen LogP contribution in [0.4, 0.5) is 21.9 Å². The molecule has 1 aromatic heterocycles. The lowest BCUT2D eigenvalue weighted by molar-refractivity contribution is -0.126. The summed E-state index contributed by atoms with van der Waals surface area (Å²) in [5.41, 5.74) is 3.24. The van der Waals surface area contributed by atoms with Crippen LogP contribution in [0.2, 0.25) is 0 Å². The van der Waals surface area contributed by atoms with Crippen LogP contribution in [0.25, 0.3) is 6.08 Å². The molecule has 1 atom stereocenters. The number of pyridine rings is 1. The summed E-state index contributed by atoms with van der Waals surface area (Å²) in [4.78, 5) is 33.4. The molecule has 0 spiro atoms. The summed E-state index contributed by atoms with van der Waals surface area (Å²) in [5.74, 6) is 0.804. The molecule has 1 saturated carbocycles. The summed E-state index contributed by atoms with van der Waals surface area (Å²) in [5, 5.41) is 5.75. The molecule has 8 heteroatoms. The smallest absolute Gasteiger partial charge is 0.323 e. The number of hydrogen-bond donors (Lipinski definition) is 2. The molecule has 1 aliphatic heterocycles. The highest BCUT2D eigenvalue weighted by Crippen LogP contribution is 2.26. The van der Waals surface area contributed by atoms with Crippen molar-refractivity contribution in [2.24, 2.45) is 0 Å². The van der Waals surface area contributed by atoms with Crippen molar-refractivity contribution in [3.63, 3.8) is 0 Å². The van der Waals surface area contributed by atoms with Gasteiger partial charge in [-0.2, -0.15) is 0 Å². The Morgan fingerprint density at radius 3 is 2.31 bits per heavy atom. The van der Waals surface area contributed by atoms with E-state index in [2.05, 4.69) is 20.5 Å². The minimum absolute atomic E-state index is 0.0333. The molecular weight excluding hydrogens is 490 g/mol. The van der Waals surface area contributed by atoms with Crippen LogP contribution in [-0.4, -0.2) is 54.1 Å². The number of nitrogens with zero attached hydrogens (tertiary/aromatic N) is 3. The molecule has 2 aromatic carbocycles. The van der Waals surface area contributed by atoms with Crippen molar-refractivity contribution in [3.05, 3.63) is 84.7 Å². The van der Waals surface area contributed by atoms with E-state index in [1.807, 2.05) is 73.8 Å². The van der Waals surface area contributed by atoms with Gasteiger partial charge in [-0.3, -0.25) is 9.78 Å². The number of carbonyl (C=O) groups excluding carboxylic acids is 2. The van der Waals surface area contributed by atoms with Gasteiger partial charge in [0, 0.05) is 49.5 Å². The van der Waals surface area contributed by atoms with Crippen LogP contribution < -0.4 is 20.3 Å². The van der Waals surface area contributed by atoms with Gasteiger partial charge in [-0.1, -0.05) is 6.07 Å². The van der Waals surface area contributed by atoms with Crippen LogP contribution in [0.15, 0.2) is 79.0 Å². The summed E-state index contributed by atoms with van der Waals surface area (Å²) in [6, 6.07) is 20.7. The van der Waals surface area contributed by atoms with Gasteiger partial charge < -0.3 is 25.2 Å². The zero-order valence-corrected chi connectivity index (χ0v) is 22.3. The highest BCUT2D eigenvalue weighted by molar-refractivity contribution is 5.99. The number of carbonyl (C=O) groups is 2. The van der Waals surface area contributed by atoms with Crippen LogP contribution >= 0.6 is 0 Å². The van der Waals surface area contributed by atoms with Crippen molar-refractivity contribution < 1.29 is 14.3 Å². The molecule has 1 aliphatic carbocycles. The topological polar surface area (TPSA) is 86.8 Å². The summed E-state index contributed by atoms with van der Waals surface area (Å²) in [6.45, 7) is 1.62. The number of benzene rings is 2. The van der Waals surface area contributed by atoms with Crippen LogP contribution in [-0.2, 0) is 4.79 Å². The number of rotatable bonds is 8. The van der Waals surface area contributed by atoms with Gasteiger partial charge in [-0.15, -0.1) is 0 Å². The molecule has 3 aromatic rings. The number of anilines is 3. The first-order valence-electron chi connectivity index (χ1n) is 13.6. The largest absolute Gasteiger partial charge is 0.490 e. The summed E-state index contributed by atoms with van der Waals surface area (Å²) in [6.07, 6.45) is 10.9. The van der Waals surface area contributed by atoms with Gasteiger partial charge in [0.25, 0.3) is 0 Å². The maximum atomic E-state index is 12.7. The second kappa shape index (κ2) is 12.5. The number of nitrogens with one attached hydrogen (secondary N) is 2. The molecule has 1 unspecified atom stereocenters. The van der Waals surface area contributed by atoms with E-state index in [1.54, 1.807) is 23.2 Å². The predicted octanol–water partition coefficient (Wildman–Crippen LogP) is 5.80. The first kappa shape index (κ1) is 26.3. The van der Waals surface area contributed by atoms with E-state index in [0.717, 1.165) is 49.5 Å². The predicted molar refractivity (Wildman–Crippen MR) is 155 cm³/mol. The Bertz CT molecular complexity index is 1270. The molecule has 202 valence electrons. The maximum Gasteiger partial charge on any atom is 0.323 e. The van der Waals surface area contributed by atoms with Crippen LogP contribution in [0.1, 0.15) is 37.8 Å². The van der Waals surface area contributed by atoms with E-state index in [1.165, 1.54) is 12.8 Å². The van der Waals surface area contributed by atoms with E-state index in [9.17, 15) is 9.59 Å². The second-order valence-corrected chi connectivity index (χ2v) is 10.1. The third-order valence-corrected chi connectivity index (χ3v) is 7.35. The van der Waals surface area contributed by atoms with Gasteiger partial charge in [0.15, 0.2) is 0 Å². The van der Waals surface area contributed by atoms with Gasteiger partial charge in [0.1, 0.15) is 5.75 Å². The number of aromatic nitrogens is 1. The average Bonchev–Trinajstić information content (AvgIpc) is 3.66. The molecule has 2 heterocycles. The third-order valence-electron chi connectivity index (χ3n) is 7.35. The number of amides is 3. The van der Waals surface area contributed by atoms with Crippen molar-refractivity contribution >= 4 is 35.1 Å². The average molecular weight is 526 g/mol. The number of ether oxygens (including phenoxy) is 1. The van der Waals surface area contributed by atoms with Crippen molar-refractivity contribution in [2.45, 2.75) is 44.2 Å². The Labute approximate surface area is 229 Å². The maximum absolute atomic E-state index is 12.7. The molecular formula is C31H35N5O3. The lowest BCUT2D eigenvalue weighted by Gasteiger charge is -2.24. The Morgan fingerprint density at radius 2 is 1.64 bits per heavy atom. The quantitative estimate of drug-likeness (QED) is 0.363. The normalized spacial score (nSPS) is 17.4. The summed E-state index contributed by atoms with van der Waals surface area (Å²) < 4.78 is 5.99. The van der Waals surface area contributed by atoms with Crippen LogP contribution in [0.5, 0.6) is 5.75 Å². The monoisotopic (exact) mass is 525 g/mol. The molecule has 8 nitrogen and oxygen atoms in total. The van der Waals surface area contributed by atoms with Gasteiger partial charge >= 0.3 is 6.03 Å². The lowest BCUT2D eigenvalue weighted by atomic mass is 10.2. The SMILES string of the molecule is CN(C(=O)C=Cc1ccccn1)C1CCN(c2ccc(NC(=O)Nc3ccc(OC4CCCC4)cc3)cc2)C1. The molecule has 0 bridgehead atoms. The van der Waals surface area contributed by atoms with E-state index >= 15 is 0 Å². The second-order valence-electron chi connectivity index (χ2n) is 10.1. The summed E-state index contributed by atoms with van der Waals surface area (Å²) >= 11 is 0. The third kappa shape index (κ3) is 7.16. The van der Waals surface area contributed by atoms with Gasteiger partial charge in [-0.25, -0.2) is 4.79 Å². The van der Waals surface area contributed by atoms with E-state index in [4.69, 9.17) is 4.74 Å². The minimum atomic E-state index is -0.299. The minimum Gasteiger partial charge on any atom is -0.490 e. The standard InChI is InChI=1S/C31H35N5O3/c1-35(30(37)18-13-23-6-4-5-20-32-23)27-19-21-36(22-27)26-14-9-24(10-15-26)33-31(38)34-25-11-16-29(17-12-25)39-28-7-2-3-8-28/h4-6,9-18,20,27-28H,2-3,7-8,19,21-22H2,1H3,(H2,33,34,38). The molecule has 0 radical (unpaired) electrons. The van der Waals surface area contributed by atoms with Crippen molar-refractivity contribution in [3.8, 4) is 5.75 Å². The molecule has 2 aliphatic rings. The number of hydrogen-bond acceptors (Lipinski definition) is 5. The summed E-state index contributed by atoms with van der Waals surface area (Å²) in [7, 11) is 1.85. The highest BCUT2D eigenvalue weighted by atomic mass is 16.5. The van der Waals surface area contributed by atoms with Crippen LogP contribution in [0.3, 0.4) is 0 Å². The zero-order chi connectivity index (χ0) is 27.0. The molecule has 2 N–H and O–H groups in total. The number of urea groups is 1.